The normalized spacial score (nSPS) is 9.81. The van der Waals surface area contributed by atoms with E-state index in [9.17, 15) is 4.79 Å². The number of nitrogens with zero attached hydrogens (tertiary/aromatic N) is 1. The number of carbonyl (C=O) groups excluding carboxylic acids is 1. The third-order valence-corrected chi connectivity index (χ3v) is 2.30. The third kappa shape index (κ3) is 1.93. The van der Waals surface area contributed by atoms with Gasteiger partial charge in [-0.15, -0.1) is 0 Å². The lowest BCUT2D eigenvalue weighted by Crippen LogP contribution is -1.91. The van der Waals surface area contributed by atoms with Crippen LogP contribution in [-0.4, -0.2) is 18.4 Å². The van der Waals surface area contributed by atoms with Gasteiger partial charge in [0.05, 0.1) is 12.8 Å². The summed E-state index contributed by atoms with van der Waals surface area (Å²) in [7, 11) is 1.61. The summed E-state index contributed by atoms with van der Waals surface area (Å²) in [5, 5.41) is 0. The van der Waals surface area contributed by atoms with E-state index in [4.69, 9.17) is 4.74 Å². The van der Waals surface area contributed by atoms with Crippen LogP contribution in [0.3, 0.4) is 0 Å². The van der Waals surface area contributed by atoms with E-state index in [-0.39, 0.29) is 0 Å². The third-order valence-electron chi connectivity index (χ3n) is 2.30. The molecule has 0 radical (unpaired) electrons. The van der Waals surface area contributed by atoms with Gasteiger partial charge in [0.1, 0.15) is 12.0 Å². The molecule has 0 aliphatic carbocycles. The summed E-state index contributed by atoms with van der Waals surface area (Å²) >= 11 is 0. The highest BCUT2D eigenvalue weighted by molar-refractivity contribution is 5.78. The lowest BCUT2D eigenvalue weighted by molar-refractivity contribution is 0.112. The summed E-state index contributed by atoms with van der Waals surface area (Å²) in [6.45, 7) is 0. The molecule has 0 spiro atoms. The first-order chi connectivity index (χ1) is 7.85. The van der Waals surface area contributed by atoms with Crippen molar-refractivity contribution in [3.63, 3.8) is 0 Å². The summed E-state index contributed by atoms with van der Waals surface area (Å²) in [4.78, 5) is 14.9. The molecule has 2 rings (SSSR count). The first-order valence-electron chi connectivity index (χ1n) is 4.90. The van der Waals surface area contributed by atoms with E-state index in [1.807, 2.05) is 24.3 Å². The van der Waals surface area contributed by atoms with Crippen LogP contribution in [0.25, 0.3) is 11.3 Å². The molecule has 3 heteroatoms. The molecule has 1 heterocycles. The van der Waals surface area contributed by atoms with Gasteiger partial charge in [0.15, 0.2) is 0 Å². The van der Waals surface area contributed by atoms with Gasteiger partial charge in [0, 0.05) is 17.3 Å². The Morgan fingerprint density at radius 1 is 1.25 bits per heavy atom. The molecule has 0 fully saturated rings. The number of pyridine rings is 1. The Morgan fingerprint density at radius 3 is 2.81 bits per heavy atom. The molecule has 0 aliphatic heterocycles. The second-order valence-corrected chi connectivity index (χ2v) is 3.29. The first-order valence-corrected chi connectivity index (χ1v) is 4.90. The van der Waals surface area contributed by atoms with Crippen LogP contribution in [0, 0.1) is 0 Å². The molecular formula is C13H11NO2. The summed E-state index contributed by atoms with van der Waals surface area (Å²) in [5.41, 5.74) is 2.23. The zero-order valence-electron chi connectivity index (χ0n) is 8.88. The number of rotatable bonds is 3. The Balaban J connectivity index is 2.53. The average molecular weight is 213 g/mol. The van der Waals surface area contributed by atoms with Crippen molar-refractivity contribution < 1.29 is 9.53 Å². The van der Waals surface area contributed by atoms with Gasteiger partial charge in [-0.25, -0.2) is 0 Å². The van der Waals surface area contributed by atoms with E-state index >= 15 is 0 Å². The van der Waals surface area contributed by atoms with E-state index < -0.39 is 0 Å². The second-order valence-electron chi connectivity index (χ2n) is 3.29. The van der Waals surface area contributed by atoms with Gasteiger partial charge < -0.3 is 4.74 Å². The first kappa shape index (κ1) is 10.4. The molecule has 0 atom stereocenters. The second kappa shape index (κ2) is 4.57. The molecule has 0 aliphatic rings. The molecule has 2 aromatic rings. The number of carbonyl (C=O) groups is 1. The molecule has 16 heavy (non-hydrogen) atoms. The highest BCUT2D eigenvalue weighted by Crippen LogP contribution is 2.27. The fourth-order valence-corrected chi connectivity index (χ4v) is 1.52. The molecule has 0 unspecified atom stereocenters. The highest BCUT2D eigenvalue weighted by atomic mass is 16.5. The van der Waals surface area contributed by atoms with E-state index in [1.165, 1.54) is 0 Å². The van der Waals surface area contributed by atoms with E-state index in [2.05, 4.69) is 4.98 Å². The van der Waals surface area contributed by atoms with Gasteiger partial charge >= 0.3 is 0 Å². The number of ether oxygens (including phenoxy) is 1. The van der Waals surface area contributed by atoms with Crippen LogP contribution in [0.2, 0.25) is 0 Å². The van der Waals surface area contributed by atoms with Crippen LogP contribution >= 0.6 is 0 Å². The van der Waals surface area contributed by atoms with Crippen LogP contribution in [0.1, 0.15) is 10.4 Å². The van der Waals surface area contributed by atoms with Crippen LogP contribution < -0.4 is 4.74 Å². The van der Waals surface area contributed by atoms with Crippen LogP contribution in [-0.2, 0) is 0 Å². The van der Waals surface area contributed by atoms with Crippen molar-refractivity contribution in [1.29, 1.82) is 0 Å². The minimum Gasteiger partial charge on any atom is -0.496 e. The van der Waals surface area contributed by atoms with E-state index in [0.717, 1.165) is 23.3 Å². The summed E-state index contributed by atoms with van der Waals surface area (Å²) in [6.07, 6.45) is 2.42. The number of aldehydes is 1. The Hall–Kier alpha value is -2.16. The van der Waals surface area contributed by atoms with Crippen LogP contribution in [0.15, 0.2) is 42.6 Å². The molecule has 0 saturated heterocycles. The number of hydrogen-bond acceptors (Lipinski definition) is 3. The van der Waals surface area contributed by atoms with Crippen molar-refractivity contribution in [1.82, 2.24) is 4.98 Å². The molecule has 0 amide bonds. The van der Waals surface area contributed by atoms with Crippen molar-refractivity contribution in [3.05, 3.63) is 48.2 Å². The monoisotopic (exact) mass is 213 g/mol. The molecule has 3 nitrogen and oxygen atoms in total. The molecule has 1 aromatic heterocycles. The topological polar surface area (TPSA) is 39.2 Å². The SMILES string of the molecule is COc1ccccc1-c1cc(C=O)ccn1. The van der Waals surface area contributed by atoms with Crippen molar-refractivity contribution in [3.8, 4) is 17.0 Å². The van der Waals surface area contributed by atoms with Gasteiger partial charge in [0.2, 0.25) is 0 Å². The van der Waals surface area contributed by atoms with Crippen LogP contribution in [0.4, 0.5) is 0 Å². The van der Waals surface area contributed by atoms with Gasteiger partial charge in [0.25, 0.3) is 0 Å². The van der Waals surface area contributed by atoms with Crippen LogP contribution in [0.5, 0.6) is 5.75 Å². The molecule has 0 N–H and O–H groups in total. The zero-order valence-corrected chi connectivity index (χ0v) is 8.88. The molecular weight excluding hydrogens is 202 g/mol. The molecule has 0 saturated carbocycles. The van der Waals surface area contributed by atoms with Crippen molar-refractivity contribution in [2.75, 3.05) is 7.11 Å². The van der Waals surface area contributed by atoms with Gasteiger partial charge in [-0.2, -0.15) is 0 Å². The number of methoxy groups -OCH3 is 1. The van der Waals surface area contributed by atoms with Crippen molar-refractivity contribution >= 4 is 6.29 Å². The maximum Gasteiger partial charge on any atom is 0.150 e. The minimum atomic E-state index is 0.607. The maximum atomic E-state index is 10.7. The predicted octanol–water partition coefficient (Wildman–Crippen LogP) is 2.57. The Bertz CT molecular complexity index is 509. The van der Waals surface area contributed by atoms with Gasteiger partial charge in [-0.05, 0) is 24.3 Å². The van der Waals surface area contributed by atoms with Gasteiger partial charge in [-0.1, -0.05) is 12.1 Å². The number of para-hydroxylation sites is 1. The van der Waals surface area contributed by atoms with Crippen molar-refractivity contribution in [2.24, 2.45) is 0 Å². The lowest BCUT2D eigenvalue weighted by Gasteiger charge is -2.07. The maximum absolute atomic E-state index is 10.7. The number of hydrogen-bond donors (Lipinski definition) is 0. The summed E-state index contributed by atoms with van der Waals surface area (Å²) < 4.78 is 5.24. The zero-order chi connectivity index (χ0) is 11.4. The summed E-state index contributed by atoms with van der Waals surface area (Å²) in [6, 6.07) is 11.0. The van der Waals surface area contributed by atoms with E-state index in [1.54, 1.807) is 25.4 Å². The number of aromatic nitrogens is 1. The smallest absolute Gasteiger partial charge is 0.150 e. The largest absolute Gasteiger partial charge is 0.496 e. The Labute approximate surface area is 93.7 Å². The quantitative estimate of drug-likeness (QED) is 0.735. The highest BCUT2D eigenvalue weighted by Gasteiger charge is 2.06. The predicted molar refractivity (Wildman–Crippen MR) is 61.6 cm³/mol. The average Bonchev–Trinajstić information content (AvgIpc) is 2.38. The van der Waals surface area contributed by atoms with E-state index in [0.29, 0.717) is 5.56 Å². The standard InChI is InChI=1S/C13H11NO2/c1-16-13-5-3-2-4-11(13)12-8-10(9-15)6-7-14-12/h2-9H,1H3. The number of benzene rings is 1. The molecule has 1 aromatic carbocycles. The molecule has 0 bridgehead atoms. The Morgan fingerprint density at radius 2 is 2.06 bits per heavy atom. The fourth-order valence-electron chi connectivity index (χ4n) is 1.52. The van der Waals surface area contributed by atoms with Gasteiger partial charge in [-0.3, -0.25) is 9.78 Å². The van der Waals surface area contributed by atoms with Crippen molar-refractivity contribution in [2.45, 2.75) is 0 Å². The lowest BCUT2D eigenvalue weighted by atomic mass is 10.1. The Kier molecular flexibility index (Phi) is 2.96. The minimum absolute atomic E-state index is 0.607. The molecule has 80 valence electrons. The fraction of sp³-hybridized carbons (Fsp3) is 0.0769. The summed E-state index contributed by atoms with van der Waals surface area (Å²) in [5.74, 6) is 0.748.